The van der Waals surface area contributed by atoms with E-state index >= 15 is 0 Å². The van der Waals surface area contributed by atoms with Crippen LogP contribution in [0, 0.1) is 0 Å². The predicted octanol–water partition coefficient (Wildman–Crippen LogP) is 1.29. The maximum Gasteiger partial charge on any atom is 0.246 e. The molecular formula is C16H20N2O3. The Hall–Kier alpha value is -2.04. The summed E-state index contributed by atoms with van der Waals surface area (Å²) in [4.78, 5) is 28.2. The number of nitrogens with zero attached hydrogens (tertiary/aromatic N) is 2. The zero-order chi connectivity index (χ0) is 14.8. The molecule has 5 nitrogen and oxygen atoms in total. The second-order valence-electron chi connectivity index (χ2n) is 5.56. The number of fused-ring (bicyclic) bond motifs is 1. The number of hydrogen-bond donors (Lipinski definition) is 0. The maximum absolute atomic E-state index is 12.5. The van der Waals surface area contributed by atoms with E-state index in [1.807, 2.05) is 30.3 Å². The normalized spacial score (nSPS) is 25.2. The molecule has 0 spiro atoms. The van der Waals surface area contributed by atoms with Gasteiger partial charge in [-0.2, -0.15) is 0 Å². The maximum atomic E-state index is 12.5. The van der Waals surface area contributed by atoms with Crippen molar-refractivity contribution in [2.75, 3.05) is 19.7 Å². The zero-order valence-corrected chi connectivity index (χ0v) is 12.2. The van der Waals surface area contributed by atoms with Gasteiger partial charge in [-0.1, -0.05) is 18.2 Å². The van der Waals surface area contributed by atoms with Crippen molar-refractivity contribution in [1.29, 1.82) is 0 Å². The molecule has 0 N–H and O–H groups in total. The Morgan fingerprint density at radius 2 is 1.95 bits per heavy atom. The molecule has 2 amide bonds. The molecule has 21 heavy (non-hydrogen) atoms. The number of amides is 2. The molecule has 2 unspecified atom stereocenters. The van der Waals surface area contributed by atoms with Crippen molar-refractivity contribution in [1.82, 2.24) is 9.80 Å². The van der Waals surface area contributed by atoms with Crippen LogP contribution >= 0.6 is 0 Å². The van der Waals surface area contributed by atoms with Crippen LogP contribution in [-0.2, 0) is 9.59 Å². The minimum atomic E-state index is -0.383. The number of hydrogen-bond acceptors (Lipinski definition) is 3. The van der Waals surface area contributed by atoms with E-state index in [0.29, 0.717) is 19.7 Å². The van der Waals surface area contributed by atoms with Crippen molar-refractivity contribution in [3.63, 3.8) is 0 Å². The first-order chi connectivity index (χ1) is 10.2. The van der Waals surface area contributed by atoms with Crippen LogP contribution < -0.4 is 4.74 Å². The van der Waals surface area contributed by atoms with Gasteiger partial charge < -0.3 is 14.5 Å². The lowest BCUT2D eigenvalue weighted by Gasteiger charge is -2.40. The van der Waals surface area contributed by atoms with Gasteiger partial charge in [-0.15, -0.1) is 0 Å². The van der Waals surface area contributed by atoms with Crippen LogP contribution in [-0.4, -0.2) is 53.4 Å². The summed E-state index contributed by atoms with van der Waals surface area (Å²) >= 11 is 0. The molecule has 0 saturated carbocycles. The minimum absolute atomic E-state index is 0.0660. The molecule has 0 aliphatic carbocycles. The van der Waals surface area contributed by atoms with Gasteiger partial charge in [-0.05, 0) is 31.9 Å². The van der Waals surface area contributed by atoms with E-state index in [1.165, 1.54) is 0 Å². The van der Waals surface area contributed by atoms with Crippen molar-refractivity contribution in [3.8, 4) is 5.75 Å². The van der Waals surface area contributed by atoms with Crippen LogP contribution in [0.3, 0.4) is 0 Å². The summed E-state index contributed by atoms with van der Waals surface area (Å²) in [5.74, 6) is 0.913. The molecule has 1 aromatic rings. The van der Waals surface area contributed by atoms with E-state index in [0.717, 1.165) is 18.6 Å². The molecule has 0 radical (unpaired) electrons. The fourth-order valence-corrected chi connectivity index (χ4v) is 3.13. The average Bonchev–Trinajstić information content (AvgIpc) is 2.99. The molecule has 3 rings (SSSR count). The molecular weight excluding hydrogens is 268 g/mol. The fraction of sp³-hybridized carbons (Fsp3) is 0.500. The van der Waals surface area contributed by atoms with Crippen LogP contribution in [0.5, 0.6) is 5.75 Å². The van der Waals surface area contributed by atoms with Crippen LogP contribution in [0.2, 0.25) is 0 Å². The zero-order valence-electron chi connectivity index (χ0n) is 12.2. The second-order valence-corrected chi connectivity index (χ2v) is 5.56. The molecule has 2 atom stereocenters. The highest BCUT2D eigenvalue weighted by Crippen LogP contribution is 2.26. The van der Waals surface area contributed by atoms with Crippen molar-refractivity contribution < 1.29 is 14.3 Å². The summed E-state index contributed by atoms with van der Waals surface area (Å²) in [6, 6.07) is 8.87. The number of para-hydroxylation sites is 1. The highest BCUT2D eigenvalue weighted by molar-refractivity contribution is 5.97. The topological polar surface area (TPSA) is 49.9 Å². The Morgan fingerprint density at radius 3 is 2.71 bits per heavy atom. The van der Waals surface area contributed by atoms with Crippen molar-refractivity contribution >= 4 is 11.8 Å². The molecule has 0 bridgehead atoms. The summed E-state index contributed by atoms with van der Waals surface area (Å²) in [6.07, 6.45) is 1.70. The molecule has 112 valence electrons. The van der Waals surface area contributed by atoms with Crippen LogP contribution in [0.25, 0.3) is 0 Å². The third-order valence-electron chi connectivity index (χ3n) is 4.27. The first-order valence-corrected chi connectivity index (χ1v) is 7.47. The van der Waals surface area contributed by atoms with Gasteiger partial charge in [0.15, 0.2) is 0 Å². The van der Waals surface area contributed by atoms with Crippen molar-refractivity contribution in [3.05, 3.63) is 30.3 Å². The van der Waals surface area contributed by atoms with E-state index in [-0.39, 0.29) is 23.9 Å². The molecule has 2 aliphatic heterocycles. The van der Waals surface area contributed by atoms with E-state index < -0.39 is 0 Å². The molecule has 2 saturated heterocycles. The highest BCUT2D eigenvalue weighted by atomic mass is 16.5. The van der Waals surface area contributed by atoms with Gasteiger partial charge in [-0.25, -0.2) is 0 Å². The highest BCUT2D eigenvalue weighted by Gasteiger charge is 2.45. The monoisotopic (exact) mass is 288 g/mol. The van der Waals surface area contributed by atoms with Gasteiger partial charge in [0, 0.05) is 6.54 Å². The molecule has 0 aromatic heterocycles. The Balaban J connectivity index is 1.61. The van der Waals surface area contributed by atoms with Crippen LogP contribution in [0.15, 0.2) is 30.3 Å². The number of piperazine rings is 1. The lowest BCUT2D eigenvalue weighted by molar-refractivity contribution is -0.158. The minimum Gasteiger partial charge on any atom is -0.492 e. The van der Waals surface area contributed by atoms with E-state index in [4.69, 9.17) is 4.74 Å². The summed E-state index contributed by atoms with van der Waals surface area (Å²) in [5.41, 5.74) is 0. The Morgan fingerprint density at radius 1 is 1.19 bits per heavy atom. The second kappa shape index (κ2) is 5.76. The van der Waals surface area contributed by atoms with Crippen molar-refractivity contribution in [2.24, 2.45) is 0 Å². The number of carbonyl (C=O) groups excluding carboxylic acids is 2. The molecule has 1 aromatic carbocycles. The first-order valence-electron chi connectivity index (χ1n) is 7.47. The van der Waals surface area contributed by atoms with E-state index in [9.17, 15) is 9.59 Å². The Bertz CT molecular complexity index is 532. The van der Waals surface area contributed by atoms with Gasteiger partial charge in [0.25, 0.3) is 0 Å². The van der Waals surface area contributed by atoms with Gasteiger partial charge in [0.2, 0.25) is 11.8 Å². The van der Waals surface area contributed by atoms with Gasteiger partial charge >= 0.3 is 0 Å². The summed E-state index contributed by atoms with van der Waals surface area (Å²) in [7, 11) is 0. The number of rotatable bonds is 4. The molecule has 2 fully saturated rings. The van der Waals surface area contributed by atoms with Gasteiger partial charge in [0.05, 0.1) is 6.54 Å². The molecule has 2 heterocycles. The smallest absolute Gasteiger partial charge is 0.246 e. The number of benzene rings is 1. The summed E-state index contributed by atoms with van der Waals surface area (Å²) in [5, 5.41) is 0. The van der Waals surface area contributed by atoms with Gasteiger partial charge in [-0.3, -0.25) is 9.59 Å². The van der Waals surface area contributed by atoms with Crippen LogP contribution in [0.1, 0.15) is 19.8 Å². The average molecular weight is 288 g/mol. The largest absolute Gasteiger partial charge is 0.492 e. The standard InChI is InChI=1S/C16H20N2O3/c1-12-15(19)18-9-5-8-14(18)16(20)17(12)10-11-21-13-6-3-2-4-7-13/h2-4,6-7,12,14H,5,8-11H2,1H3. The first kappa shape index (κ1) is 13.9. The fourth-order valence-electron chi connectivity index (χ4n) is 3.13. The Kier molecular flexibility index (Phi) is 3.82. The quantitative estimate of drug-likeness (QED) is 0.839. The molecule has 2 aliphatic rings. The third kappa shape index (κ3) is 2.60. The van der Waals surface area contributed by atoms with Gasteiger partial charge in [0.1, 0.15) is 24.4 Å². The van der Waals surface area contributed by atoms with Crippen molar-refractivity contribution in [2.45, 2.75) is 31.8 Å². The summed E-state index contributed by atoms with van der Waals surface area (Å²) < 4.78 is 5.63. The predicted molar refractivity (Wildman–Crippen MR) is 77.8 cm³/mol. The van der Waals surface area contributed by atoms with E-state index in [1.54, 1.807) is 16.7 Å². The molecule has 5 heteroatoms. The lowest BCUT2D eigenvalue weighted by atomic mass is 10.1. The lowest BCUT2D eigenvalue weighted by Crippen LogP contribution is -2.62. The Labute approximate surface area is 124 Å². The van der Waals surface area contributed by atoms with Crippen LogP contribution in [0.4, 0.5) is 0 Å². The number of carbonyl (C=O) groups is 2. The third-order valence-corrected chi connectivity index (χ3v) is 4.27. The number of ether oxygens (including phenoxy) is 1. The van der Waals surface area contributed by atoms with E-state index in [2.05, 4.69) is 0 Å². The SMILES string of the molecule is CC1C(=O)N2CCCC2C(=O)N1CCOc1ccccc1. The summed E-state index contributed by atoms with van der Waals surface area (Å²) in [6.45, 7) is 3.37.